The fourth-order valence-electron chi connectivity index (χ4n) is 1.31. The fourth-order valence-corrected chi connectivity index (χ4v) is 2.56. The molecular formula is C9H11ClN6O2S. The summed E-state index contributed by atoms with van der Waals surface area (Å²) in [6.45, 7) is 0.0455. The second-order valence-electron chi connectivity index (χ2n) is 3.51. The Kier molecular flexibility index (Phi) is 4.00. The number of nitrogens with zero attached hydrogens (tertiary/aromatic N) is 2. The highest BCUT2D eigenvalue weighted by Crippen LogP contribution is 2.21. The van der Waals surface area contributed by atoms with E-state index in [0.29, 0.717) is 5.82 Å². The molecule has 2 aromatic rings. The molecule has 0 atom stereocenters. The molecule has 0 aromatic carbocycles. The summed E-state index contributed by atoms with van der Waals surface area (Å²) < 4.78 is 26.3. The molecular weight excluding hydrogens is 292 g/mol. The minimum absolute atomic E-state index is 0.0455. The van der Waals surface area contributed by atoms with E-state index >= 15 is 0 Å². The minimum atomic E-state index is -3.71. The summed E-state index contributed by atoms with van der Waals surface area (Å²) in [5, 5.41) is 0.114. The van der Waals surface area contributed by atoms with Crippen molar-refractivity contribution in [3.05, 3.63) is 35.5 Å². The average molecular weight is 303 g/mol. The molecule has 8 nitrogen and oxygen atoms in total. The zero-order valence-corrected chi connectivity index (χ0v) is 11.2. The Morgan fingerprint density at radius 1 is 1.42 bits per heavy atom. The van der Waals surface area contributed by atoms with Crippen molar-refractivity contribution in [3.63, 3.8) is 0 Å². The number of sulfonamides is 1. The van der Waals surface area contributed by atoms with E-state index in [2.05, 4.69) is 25.1 Å². The first kappa shape index (κ1) is 13.7. The summed E-state index contributed by atoms with van der Waals surface area (Å²) in [4.78, 5) is 10.4. The first-order valence-corrected chi connectivity index (χ1v) is 6.99. The SMILES string of the molecule is NNc1ncc(S(=O)(=O)NCc2ncc[nH]2)cc1Cl. The monoisotopic (exact) mass is 302 g/mol. The van der Waals surface area contributed by atoms with Gasteiger partial charge < -0.3 is 10.4 Å². The van der Waals surface area contributed by atoms with Gasteiger partial charge in [0.25, 0.3) is 0 Å². The number of nitrogens with two attached hydrogens (primary N) is 1. The fraction of sp³-hybridized carbons (Fsp3) is 0.111. The number of imidazole rings is 1. The lowest BCUT2D eigenvalue weighted by Crippen LogP contribution is -2.24. The molecule has 10 heteroatoms. The molecule has 0 unspecified atom stereocenters. The van der Waals surface area contributed by atoms with Gasteiger partial charge in [-0.3, -0.25) is 0 Å². The predicted molar refractivity (Wildman–Crippen MR) is 69.7 cm³/mol. The molecule has 2 heterocycles. The largest absolute Gasteiger partial charge is 0.347 e. The zero-order valence-electron chi connectivity index (χ0n) is 9.59. The van der Waals surface area contributed by atoms with E-state index in [0.717, 1.165) is 6.20 Å². The second-order valence-corrected chi connectivity index (χ2v) is 5.68. The Labute approximate surface area is 114 Å². The third-order valence-corrected chi connectivity index (χ3v) is 3.90. The predicted octanol–water partition coefficient (Wildman–Crippen LogP) is 0.222. The maximum Gasteiger partial charge on any atom is 0.242 e. The lowest BCUT2D eigenvalue weighted by atomic mass is 10.5. The quantitative estimate of drug-likeness (QED) is 0.462. The highest BCUT2D eigenvalue weighted by atomic mass is 35.5. The first-order valence-electron chi connectivity index (χ1n) is 5.13. The van der Waals surface area contributed by atoms with Gasteiger partial charge in [0.1, 0.15) is 10.7 Å². The molecule has 0 spiro atoms. The zero-order chi connectivity index (χ0) is 13.9. The molecule has 0 fully saturated rings. The van der Waals surface area contributed by atoms with Crippen LogP contribution in [0.25, 0.3) is 0 Å². The number of nitrogens with one attached hydrogen (secondary N) is 3. The van der Waals surface area contributed by atoms with Crippen LogP contribution < -0.4 is 16.0 Å². The van der Waals surface area contributed by atoms with Crippen LogP contribution in [0.3, 0.4) is 0 Å². The summed E-state index contributed by atoms with van der Waals surface area (Å²) in [7, 11) is -3.71. The number of H-pyrrole nitrogens is 1. The number of halogens is 1. The van der Waals surface area contributed by atoms with Gasteiger partial charge >= 0.3 is 0 Å². The number of anilines is 1. The molecule has 0 aliphatic heterocycles. The number of hydrogen-bond acceptors (Lipinski definition) is 6. The van der Waals surface area contributed by atoms with Crippen molar-refractivity contribution in [2.45, 2.75) is 11.4 Å². The van der Waals surface area contributed by atoms with E-state index in [1.165, 1.54) is 12.3 Å². The number of hydrogen-bond donors (Lipinski definition) is 4. The van der Waals surface area contributed by atoms with Crippen LogP contribution >= 0.6 is 11.6 Å². The summed E-state index contributed by atoms with van der Waals surface area (Å²) in [5.41, 5.74) is 2.25. The molecule has 102 valence electrons. The van der Waals surface area contributed by atoms with Gasteiger partial charge in [-0.1, -0.05) is 11.6 Å². The molecule has 0 saturated heterocycles. The van der Waals surface area contributed by atoms with Crippen LogP contribution in [-0.4, -0.2) is 23.4 Å². The van der Waals surface area contributed by atoms with Gasteiger partial charge in [0.2, 0.25) is 10.0 Å². The van der Waals surface area contributed by atoms with Gasteiger partial charge in [-0.25, -0.2) is 29.0 Å². The Bertz CT molecular complexity index is 657. The Balaban J connectivity index is 2.17. The van der Waals surface area contributed by atoms with Crippen molar-refractivity contribution in [2.75, 3.05) is 5.43 Å². The van der Waals surface area contributed by atoms with Crippen molar-refractivity contribution in [3.8, 4) is 0 Å². The van der Waals surface area contributed by atoms with E-state index in [4.69, 9.17) is 17.4 Å². The maximum absolute atomic E-state index is 12.0. The number of nitrogen functional groups attached to an aromatic ring is 1. The highest BCUT2D eigenvalue weighted by Gasteiger charge is 2.16. The molecule has 0 aliphatic carbocycles. The van der Waals surface area contributed by atoms with Crippen molar-refractivity contribution in [1.29, 1.82) is 0 Å². The minimum Gasteiger partial charge on any atom is -0.347 e. The van der Waals surface area contributed by atoms with E-state index in [1.54, 1.807) is 6.20 Å². The molecule has 0 saturated carbocycles. The van der Waals surface area contributed by atoms with Gasteiger partial charge in [-0.2, -0.15) is 0 Å². The molecule has 2 aromatic heterocycles. The lowest BCUT2D eigenvalue weighted by Gasteiger charge is -2.07. The molecule has 0 bridgehead atoms. The van der Waals surface area contributed by atoms with Crippen LogP contribution in [0, 0.1) is 0 Å². The topological polar surface area (TPSA) is 126 Å². The molecule has 19 heavy (non-hydrogen) atoms. The summed E-state index contributed by atoms with van der Waals surface area (Å²) in [6.07, 6.45) is 4.29. The van der Waals surface area contributed by atoms with Crippen LogP contribution in [0.15, 0.2) is 29.6 Å². The maximum atomic E-state index is 12.0. The number of rotatable bonds is 5. The van der Waals surface area contributed by atoms with Gasteiger partial charge in [0.15, 0.2) is 5.82 Å². The van der Waals surface area contributed by atoms with E-state index in [-0.39, 0.29) is 22.3 Å². The number of aromatic amines is 1. The van der Waals surface area contributed by atoms with Crippen molar-refractivity contribution in [2.24, 2.45) is 5.84 Å². The van der Waals surface area contributed by atoms with Gasteiger partial charge in [0.05, 0.1) is 11.6 Å². The number of pyridine rings is 1. The van der Waals surface area contributed by atoms with Gasteiger partial charge in [0, 0.05) is 18.6 Å². The van der Waals surface area contributed by atoms with E-state index in [1.807, 2.05) is 0 Å². The average Bonchev–Trinajstić information content (AvgIpc) is 2.89. The van der Waals surface area contributed by atoms with E-state index in [9.17, 15) is 8.42 Å². The lowest BCUT2D eigenvalue weighted by molar-refractivity contribution is 0.579. The Morgan fingerprint density at radius 3 is 2.79 bits per heavy atom. The normalized spacial score (nSPS) is 11.5. The van der Waals surface area contributed by atoms with Crippen LogP contribution in [0.4, 0.5) is 5.82 Å². The van der Waals surface area contributed by atoms with Crippen LogP contribution in [0.5, 0.6) is 0 Å². The Morgan fingerprint density at radius 2 is 2.21 bits per heavy atom. The third kappa shape index (κ3) is 3.20. The molecule has 0 aliphatic rings. The summed E-state index contributed by atoms with van der Waals surface area (Å²) in [6, 6.07) is 1.26. The second kappa shape index (κ2) is 5.53. The van der Waals surface area contributed by atoms with Crippen LogP contribution in [-0.2, 0) is 16.6 Å². The molecule has 0 amide bonds. The smallest absolute Gasteiger partial charge is 0.242 e. The van der Waals surface area contributed by atoms with Gasteiger partial charge in [-0.15, -0.1) is 0 Å². The summed E-state index contributed by atoms with van der Waals surface area (Å²) in [5.74, 6) is 5.86. The molecule has 2 rings (SSSR count). The first-order chi connectivity index (χ1) is 9.03. The number of aromatic nitrogens is 3. The van der Waals surface area contributed by atoms with Crippen LogP contribution in [0.1, 0.15) is 5.82 Å². The number of hydrazine groups is 1. The van der Waals surface area contributed by atoms with E-state index < -0.39 is 10.0 Å². The van der Waals surface area contributed by atoms with Crippen molar-refractivity contribution >= 4 is 27.4 Å². The van der Waals surface area contributed by atoms with Gasteiger partial charge in [-0.05, 0) is 6.07 Å². The Hall–Kier alpha value is -1.68. The third-order valence-electron chi connectivity index (χ3n) is 2.25. The molecule has 5 N–H and O–H groups in total. The van der Waals surface area contributed by atoms with Crippen molar-refractivity contribution in [1.82, 2.24) is 19.7 Å². The van der Waals surface area contributed by atoms with Crippen molar-refractivity contribution < 1.29 is 8.42 Å². The standard InChI is InChI=1S/C9H11ClN6O2S/c10-7-3-6(4-14-9(7)16-11)19(17,18)15-5-8-12-1-2-13-8/h1-4,15H,5,11H2,(H,12,13)(H,14,16). The summed E-state index contributed by atoms with van der Waals surface area (Å²) >= 11 is 5.82. The molecule has 0 radical (unpaired) electrons. The van der Waals surface area contributed by atoms with Crippen LogP contribution in [0.2, 0.25) is 5.02 Å². The highest BCUT2D eigenvalue weighted by molar-refractivity contribution is 7.89.